The van der Waals surface area contributed by atoms with E-state index in [1.165, 1.54) is 0 Å². The van der Waals surface area contributed by atoms with Gasteiger partial charge in [0.2, 0.25) is 0 Å². The summed E-state index contributed by atoms with van der Waals surface area (Å²) in [5.41, 5.74) is 7.37. The zero-order valence-corrected chi connectivity index (χ0v) is 11.6. The van der Waals surface area contributed by atoms with Crippen LogP contribution in [0.2, 0.25) is 5.02 Å². The Labute approximate surface area is 104 Å². The second-order valence-electron chi connectivity index (χ2n) is 4.52. The van der Waals surface area contributed by atoms with Crippen LogP contribution < -0.4 is 5.73 Å². The largest absolute Gasteiger partial charge is 0.324 e. The monoisotopic (exact) mass is 323 g/mol. The van der Waals surface area contributed by atoms with E-state index in [0.717, 1.165) is 14.2 Å². The molecule has 1 aromatic carbocycles. The number of nitrogens with two attached hydrogens (primary N) is 1. The minimum Gasteiger partial charge on any atom is -0.324 e. The number of benzene rings is 1. The minimum atomic E-state index is 0.0493. The molecule has 0 amide bonds. The van der Waals surface area contributed by atoms with Gasteiger partial charge in [-0.3, -0.25) is 0 Å². The standard InChI is InChI=1S/C11H15ClIN/c1-11(2,3)10(14)7-4-5-8(12)9(13)6-7/h4-6,10H,14H2,1-3H3/t10-/m0/s1. The molecule has 1 aromatic rings. The maximum absolute atomic E-state index is 6.14. The molecular weight excluding hydrogens is 308 g/mol. The van der Waals surface area contributed by atoms with Crippen LogP contribution in [0.5, 0.6) is 0 Å². The minimum absolute atomic E-state index is 0.0493. The van der Waals surface area contributed by atoms with Crippen molar-refractivity contribution in [3.8, 4) is 0 Å². The van der Waals surface area contributed by atoms with E-state index < -0.39 is 0 Å². The Hall–Kier alpha value is 0.200. The summed E-state index contributed by atoms with van der Waals surface area (Å²) in [6.45, 7) is 6.41. The summed E-state index contributed by atoms with van der Waals surface area (Å²) >= 11 is 8.18. The molecule has 0 saturated heterocycles. The van der Waals surface area contributed by atoms with Crippen molar-refractivity contribution >= 4 is 34.2 Å². The Balaban J connectivity index is 3.03. The van der Waals surface area contributed by atoms with Gasteiger partial charge < -0.3 is 5.73 Å². The Kier molecular flexibility index (Phi) is 3.83. The molecule has 2 N–H and O–H groups in total. The first-order chi connectivity index (χ1) is 6.32. The third-order valence-electron chi connectivity index (χ3n) is 2.24. The summed E-state index contributed by atoms with van der Waals surface area (Å²) in [6, 6.07) is 6.01. The van der Waals surface area contributed by atoms with Crippen molar-refractivity contribution in [3.05, 3.63) is 32.4 Å². The molecule has 0 saturated carbocycles. The third-order valence-corrected chi connectivity index (χ3v) is 3.78. The maximum atomic E-state index is 6.14. The molecule has 0 spiro atoms. The molecule has 78 valence electrons. The van der Waals surface area contributed by atoms with Crippen LogP contribution in [0.25, 0.3) is 0 Å². The van der Waals surface area contributed by atoms with Crippen LogP contribution >= 0.6 is 34.2 Å². The van der Waals surface area contributed by atoms with E-state index >= 15 is 0 Å². The van der Waals surface area contributed by atoms with E-state index in [1.54, 1.807) is 0 Å². The molecule has 1 rings (SSSR count). The molecule has 0 bridgehead atoms. The fourth-order valence-corrected chi connectivity index (χ4v) is 1.86. The van der Waals surface area contributed by atoms with Gasteiger partial charge in [-0.2, -0.15) is 0 Å². The van der Waals surface area contributed by atoms with Gasteiger partial charge in [-0.15, -0.1) is 0 Å². The van der Waals surface area contributed by atoms with Crippen LogP contribution in [0.4, 0.5) is 0 Å². The second-order valence-corrected chi connectivity index (χ2v) is 6.09. The average Bonchev–Trinajstić information content (AvgIpc) is 2.07. The predicted octanol–water partition coefficient (Wildman–Crippen LogP) is 3.99. The van der Waals surface area contributed by atoms with E-state index in [4.69, 9.17) is 17.3 Å². The van der Waals surface area contributed by atoms with Gasteiger partial charge in [-0.05, 0) is 45.7 Å². The fourth-order valence-electron chi connectivity index (χ4n) is 1.21. The normalized spacial score (nSPS) is 14.1. The molecule has 0 heterocycles. The first-order valence-electron chi connectivity index (χ1n) is 4.53. The summed E-state index contributed by atoms with van der Waals surface area (Å²) in [6.07, 6.45) is 0. The summed E-state index contributed by atoms with van der Waals surface area (Å²) in [5.74, 6) is 0. The fraction of sp³-hybridized carbons (Fsp3) is 0.455. The van der Waals surface area contributed by atoms with Gasteiger partial charge in [0.1, 0.15) is 0 Å². The zero-order valence-electron chi connectivity index (χ0n) is 8.64. The van der Waals surface area contributed by atoms with Crippen LogP contribution in [0.15, 0.2) is 18.2 Å². The van der Waals surface area contributed by atoms with E-state index in [1.807, 2.05) is 12.1 Å². The molecule has 0 aromatic heterocycles. The van der Waals surface area contributed by atoms with Crippen molar-refractivity contribution in [1.29, 1.82) is 0 Å². The van der Waals surface area contributed by atoms with Crippen LogP contribution in [-0.2, 0) is 0 Å². The van der Waals surface area contributed by atoms with E-state index in [-0.39, 0.29) is 11.5 Å². The first-order valence-corrected chi connectivity index (χ1v) is 5.98. The van der Waals surface area contributed by atoms with Crippen LogP contribution in [0.1, 0.15) is 32.4 Å². The molecule has 0 aliphatic carbocycles. The van der Waals surface area contributed by atoms with Gasteiger partial charge in [0, 0.05) is 9.61 Å². The van der Waals surface area contributed by atoms with Crippen LogP contribution in [0.3, 0.4) is 0 Å². The highest BCUT2D eigenvalue weighted by Gasteiger charge is 2.22. The number of hydrogen-bond acceptors (Lipinski definition) is 1. The molecular formula is C11H15ClIN. The Morgan fingerprint density at radius 1 is 1.36 bits per heavy atom. The molecule has 0 fully saturated rings. The van der Waals surface area contributed by atoms with Crippen molar-refractivity contribution < 1.29 is 0 Å². The number of hydrogen-bond donors (Lipinski definition) is 1. The van der Waals surface area contributed by atoms with Gasteiger partial charge in [-0.25, -0.2) is 0 Å². The van der Waals surface area contributed by atoms with Gasteiger partial charge in [0.05, 0.1) is 5.02 Å². The lowest BCUT2D eigenvalue weighted by Gasteiger charge is -2.27. The Bertz CT molecular complexity index is 331. The maximum Gasteiger partial charge on any atom is 0.0539 e. The topological polar surface area (TPSA) is 26.0 Å². The summed E-state index contributed by atoms with van der Waals surface area (Å²) < 4.78 is 1.06. The van der Waals surface area contributed by atoms with Crippen molar-refractivity contribution in [3.63, 3.8) is 0 Å². The molecule has 0 radical (unpaired) electrons. The quantitative estimate of drug-likeness (QED) is 0.777. The van der Waals surface area contributed by atoms with Crippen LogP contribution in [0, 0.1) is 8.99 Å². The van der Waals surface area contributed by atoms with Crippen LogP contribution in [-0.4, -0.2) is 0 Å². The zero-order chi connectivity index (χ0) is 10.9. The molecule has 1 atom stereocenters. The average molecular weight is 324 g/mol. The summed E-state index contributed by atoms with van der Waals surface area (Å²) in [4.78, 5) is 0. The molecule has 1 nitrogen and oxygen atoms in total. The lowest BCUT2D eigenvalue weighted by atomic mass is 9.83. The molecule has 3 heteroatoms. The van der Waals surface area contributed by atoms with E-state index in [2.05, 4.69) is 49.4 Å². The smallest absolute Gasteiger partial charge is 0.0539 e. The van der Waals surface area contributed by atoms with Crippen molar-refractivity contribution in [2.75, 3.05) is 0 Å². The highest BCUT2D eigenvalue weighted by molar-refractivity contribution is 14.1. The third kappa shape index (κ3) is 2.84. The number of rotatable bonds is 1. The van der Waals surface area contributed by atoms with Crippen molar-refractivity contribution in [1.82, 2.24) is 0 Å². The molecule has 0 aliphatic rings. The molecule has 14 heavy (non-hydrogen) atoms. The second kappa shape index (κ2) is 4.37. The van der Waals surface area contributed by atoms with Crippen molar-refractivity contribution in [2.24, 2.45) is 11.1 Å². The van der Waals surface area contributed by atoms with Crippen molar-refractivity contribution in [2.45, 2.75) is 26.8 Å². The lowest BCUT2D eigenvalue weighted by molar-refractivity contribution is 0.327. The summed E-state index contributed by atoms with van der Waals surface area (Å²) in [5, 5.41) is 0.787. The number of halogens is 2. The van der Waals surface area contributed by atoms with Gasteiger partial charge in [0.25, 0.3) is 0 Å². The van der Waals surface area contributed by atoms with Gasteiger partial charge >= 0.3 is 0 Å². The first kappa shape index (κ1) is 12.3. The molecule has 0 aliphatic heterocycles. The van der Waals surface area contributed by atoms with E-state index in [0.29, 0.717) is 0 Å². The summed E-state index contributed by atoms with van der Waals surface area (Å²) in [7, 11) is 0. The highest BCUT2D eigenvalue weighted by Crippen LogP contribution is 2.32. The van der Waals surface area contributed by atoms with Gasteiger partial charge in [-0.1, -0.05) is 38.4 Å². The highest BCUT2D eigenvalue weighted by atomic mass is 127. The Morgan fingerprint density at radius 2 is 1.93 bits per heavy atom. The molecule has 0 unspecified atom stereocenters. The predicted molar refractivity (Wildman–Crippen MR) is 70.6 cm³/mol. The Morgan fingerprint density at radius 3 is 2.36 bits per heavy atom. The van der Waals surface area contributed by atoms with Gasteiger partial charge in [0.15, 0.2) is 0 Å². The van der Waals surface area contributed by atoms with E-state index in [9.17, 15) is 0 Å². The SMILES string of the molecule is CC(C)(C)[C@@H](N)c1ccc(Cl)c(I)c1. The lowest BCUT2D eigenvalue weighted by Crippen LogP contribution is -2.26.